The summed E-state index contributed by atoms with van der Waals surface area (Å²) in [6.07, 6.45) is 0. The number of aromatic amines is 1. The molecular weight excluding hydrogens is 356 g/mol. The lowest BCUT2D eigenvalue weighted by atomic mass is 10.1. The van der Waals surface area contributed by atoms with Crippen LogP contribution in [0.2, 0.25) is 5.02 Å². The fraction of sp³-hybridized carbons (Fsp3) is 0.167. The van der Waals surface area contributed by atoms with Gasteiger partial charge in [-0.15, -0.1) is 0 Å². The number of hydrazone groups is 1. The highest BCUT2D eigenvalue weighted by atomic mass is 35.5. The summed E-state index contributed by atoms with van der Waals surface area (Å²) in [7, 11) is 0. The van der Waals surface area contributed by atoms with Crippen molar-refractivity contribution >= 4 is 46.0 Å². The number of nitrogens with one attached hydrogen (secondary N) is 2. The van der Waals surface area contributed by atoms with Gasteiger partial charge < -0.3 is 4.98 Å². The number of rotatable bonds is 5. The number of nitrogens with zero attached hydrogens (tertiary/aromatic N) is 2. The van der Waals surface area contributed by atoms with Gasteiger partial charge in [-0.25, -0.2) is 10.4 Å². The SMILES string of the molecule is C/C(=N/NC(=O)CSc1nc2ccccc2[nH]1)c1ccc(Cl)c(C)c1. The van der Waals surface area contributed by atoms with E-state index in [1.807, 2.05) is 56.3 Å². The number of para-hydroxylation sites is 2. The zero-order valence-electron chi connectivity index (χ0n) is 13.8. The molecule has 0 saturated heterocycles. The molecule has 0 fully saturated rings. The average molecular weight is 373 g/mol. The lowest BCUT2D eigenvalue weighted by molar-refractivity contribution is -0.118. The average Bonchev–Trinajstić information content (AvgIpc) is 3.03. The van der Waals surface area contributed by atoms with Gasteiger partial charge >= 0.3 is 0 Å². The van der Waals surface area contributed by atoms with Gasteiger partial charge in [0.15, 0.2) is 5.16 Å². The van der Waals surface area contributed by atoms with Gasteiger partial charge in [0.1, 0.15) is 0 Å². The Morgan fingerprint density at radius 1 is 1.32 bits per heavy atom. The van der Waals surface area contributed by atoms with Crippen LogP contribution < -0.4 is 5.43 Å². The number of aromatic nitrogens is 2. The third-order valence-electron chi connectivity index (χ3n) is 3.63. The molecule has 0 atom stereocenters. The van der Waals surface area contributed by atoms with Crippen molar-refractivity contribution in [3.05, 3.63) is 58.6 Å². The number of hydrogen-bond acceptors (Lipinski definition) is 4. The molecule has 0 spiro atoms. The first-order valence-corrected chi connectivity index (χ1v) is 9.06. The Kier molecular flexibility index (Phi) is 5.40. The molecule has 25 heavy (non-hydrogen) atoms. The van der Waals surface area contributed by atoms with Crippen molar-refractivity contribution in [1.82, 2.24) is 15.4 Å². The van der Waals surface area contributed by atoms with Crippen LogP contribution >= 0.6 is 23.4 Å². The van der Waals surface area contributed by atoms with Crippen LogP contribution in [0.1, 0.15) is 18.1 Å². The maximum atomic E-state index is 12.0. The number of H-pyrrole nitrogens is 1. The largest absolute Gasteiger partial charge is 0.333 e. The van der Waals surface area contributed by atoms with E-state index in [2.05, 4.69) is 20.5 Å². The van der Waals surface area contributed by atoms with Crippen LogP contribution in [0.5, 0.6) is 0 Å². The number of benzene rings is 2. The summed E-state index contributed by atoms with van der Waals surface area (Å²) in [5.41, 5.74) is 7.03. The summed E-state index contributed by atoms with van der Waals surface area (Å²) in [6, 6.07) is 13.4. The molecule has 0 aliphatic rings. The van der Waals surface area contributed by atoms with E-state index in [-0.39, 0.29) is 11.7 Å². The van der Waals surface area contributed by atoms with Crippen LogP contribution in [0.3, 0.4) is 0 Å². The van der Waals surface area contributed by atoms with E-state index >= 15 is 0 Å². The minimum atomic E-state index is -0.185. The Hall–Kier alpha value is -2.31. The molecule has 1 amide bonds. The zero-order valence-corrected chi connectivity index (χ0v) is 15.4. The Balaban J connectivity index is 1.57. The van der Waals surface area contributed by atoms with Crippen LogP contribution in [-0.2, 0) is 4.79 Å². The second kappa shape index (κ2) is 7.72. The van der Waals surface area contributed by atoms with Gasteiger partial charge in [0.2, 0.25) is 0 Å². The number of carbonyl (C=O) groups is 1. The van der Waals surface area contributed by atoms with Crippen molar-refractivity contribution in [3.63, 3.8) is 0 Å². The van der Waals surface area contributed by atoms with E-state index in [9.17, 15) is 4.79 Å². The highest BCUT2D eigenvalue weighted by molar-refractivity contribution is 7.99. The lowest BCUT2D eigenvalue weighted by Crippen LogP contribution is -2.21. The van der Waals surface area contributed by atoms with E-state index in [0.717, 1.165) is 27.9 Å². The number of hydrogen-bond donors (Lipinski definition) is 2. The molecule has 3 aromatic rings. The van der Waals surface area contributed by atoms with Crippen molar-refractivity contribution in [2.45, 2.75) is 19.0 Å². The second-order valence-corrected chi connectivity index (χ2v) is 6.92. The van der Waals surface area contributed by atoms with Crippen LogP contribution in [0.15, 0.2) is 52.7 Å². The van der Waals surface area contributed by atoms with Crippen molar-refractivity contribution in [2.75, 3.05) is 5.75 Å². The van der Waals surface area contributed by atoms with Gasteiger partial charge in [-0.2, -0.15) is 5.10 Å². The van der Waals surface area contributed by atoms with Crippen molar-refractivity contribution in [3.8, 4) is 0 Å². The molecule has 7 heteroatoms. The number of carbonyl (C=O) groups excluding carboxylic acids is 1. The lowest BCUT2D eigenvalue weighted by Gasteiger charge is -2.04. The smallest absolute Gasteiger partial charge is 0.250 e. The number of halogens is 1. The molecule has 0 unspecified atom stereocenters. The third kappa shape index (κ3) is 4.41. The molecule has 0 radical (unpaired) electrons. The second-order valence-electron chi connectivity index (χ2n) is 5.54. The molecule has 3 rings (SSSR count). The normalized spacial score (nSPS) is 11.7. The number of amides is 1. The van der Waals surface area contributed by atoms with Crippen molar-refractivity contribution < 1.29 is 4.79 Å². The fourth-order valence-corrected chi connectivity index (χ4v) is 3.04. The minimum Gasteiger partial charge on any atom is -0.333 e. The van der Waals surface area contributed by atoms with Crippen LogP contribution in [0.4, 0.5) is 0 Å². The van der Waals surface area contributed by atoms with Crippen molar-refractivity contribution in [1.29, 1.82) is 0 Å². The molecule has 2 aromatic carbocycles. The minimum absolute atomic E-state index is 0.185. The van der Waals surface area contributed by atoms with E-state index < -0.39 is 0 Å². The van der Waals surface area contributed by atoms with E-state index in [1.165, 1.54) is 11.8 Å². The molecule has 0 bridgehead atoms. The van der Waals surface area contributed by atoms with Gasteiger partial charge in [0.05, 0.1) is 22.5 Å². The molecule has 128 valence electrons. The number of aryl methyl sites for hydroxylation is 1. The molecule has 0 saturated carbocycles. The van der Waals surface area contributed by atoms with Gasteiger partial charge in [-0.05, 0) is 49.2 Å². The molecule has 5 nitrogen and oxygen atoms in total. The van der Waals surface area contributed by atoms with Crippen molar-refractivity contribution in [2.24, 2.45) is 5.10 Å². The first kappa shape index (κ1) is 17.5. The maximum absolute atomic E-state index is 12.0. The monoisotopic (exact) mass is 372 g/mol. The quantitative estimate of drug-likeness (QED) is 0.401. The number of fused-ring (bicyclic) bond motifs is 1. The van der Waals surface area contributed by atoms with E-state index in [1.54, 1.807) is 0 Å². The Morgan fingerprint density at radius 2 is 2.12 bits per heavy atom. The maximum Gasteiger partial charge on any atom is 0.250 e. The van der Waals surface area contributed by atoms with E-state index in [4.69, 9.17) is 11.6 Å². The first-order chi connectivity index (χ1) is 12.0. The van der Waals surface area contributed by atoms with E-state index in [0.29, 0.717) is 10.2 Å². The topological polar surface area (TPSA) is 70.1 Å². The Morgan fingerprint density at radius 3 is 2.88 bits per heavy atom. The molecule has 0 aliphatic heterocycles. The van der Waals surface area contributed by atoms with Crippen LogP contribution in [0, 0.1) is 6.92 Å². The predicted octanol–water partition coefficient (Wildman–Crippen LogP) is 4.16. The Labute approximate surface area is 154 Å². The number of imidazole rings is 1. The van der Waals surface area contributed by atoms with Gasteiger partial charge in [0, 0.05) is 5.02 Å². The summed E-state index contributed by atoms with van der Waals surface area (Å²) < 4.78 is 0. The van der Waals surface area contributed by atoms with Crippen LogP contribution in [0.25, 0.3) is 11.0 Å². The Bertz CT molecular complexity index is 918. The molecule has 0 aliphatic carbocycles. The van der Waals surface area contributed by atoms with Gasteiger partial charge in [0.25, 0.3) is 5.91 Å². The summed E-state index contributed by atoms with van der Waals surface area (Å²) in [5, 5.41) is 5.57. The first-order valence-electron chi connectivity index (χ1n) is 7.70. The van der Waals surface area contributed by atoms with Gasteiger partial charge in [-0.3, -0.25) is 4.79 Å². The molecular formula is C18H17ClN4OS. The predicted molar refractivity (Wildman–Crippen MR) is 103 cm³/mol. The summed E-state index contributed by atoms with van der Waals surface area (Å²) in [4.78, 5) is 19.6. The zero-order chi connectivity index (χ0) is 17.8. The molecule has 2 N–H and O–H groups in total. The molecule has 1 aromatic heterocycles. The van der Waals surface area contributed by atoms with Gasteiger partial charge in [-0.1, -0.05) is 41.6 Å². The van der Waals surface area contributed by atoms with Crippen LogP contribution in [-0.4, -0.2) is 27.3 Å². The standard InChI is InChI=1S/C18H17ClN4OS/c1-11-9-13(7-8-14(11)19)12(2)22-23-17(24)10-25-18-20-15-5-3-4-6-16(15)21-18/h3-9H,10H2,1-2H3,(H,20,21)(H,23,24)/b22-12-. The summed E-state index contributed by atoms with van der Waals surface area (Å²) >= 11 is 7.36. The fourth-order valence-electron chi connectivity index (χ4n) is 2.24. The summed E-state index contributed by atoms with van der Waals surface area (Å²) in [5.74, 6) is 0.0477. The molecule has 1 heterocycles. The highest BCUT2D eigenvalue weighted by Gasteiger charge is 2.07. The number of thioether (sulfide) groups is 1. The summed E-state index contributed by atoms with van der Waals surface area (Å²) in [6.45, 7) is 3.77. The highest BCUT2D eigenvalue weighted by Crippen LogP contribution is 2.19. The third-order valence-corrected chi connectivity index (χ3v) is 4.93.